The van der Waals surface area contributed by atoms with E-state index in [9.17, 15) is 0 Å². The number of aromatic nitrogens is 1. The highest BCUT2D eigenvalue weighted by atomic mass is 14.6. The van der Waals surface area contributed by atoms with E-state index in [-0.39, 0.29) is 0 Å². The maximum Gasteiger partial charge on any atom is 0.0302 e. The Morgan fingerprint density at radius 1 is 1.22 bits per heavy atom. The van der Waals surface area contributed by atoms with Gasteiger partial charge in [-0.25, -0.2) is 0 Å². The third-order valence-electron chi connectivity index (χ3n) is 1.90. The van der Waals surface area contributed by atoms with Crippen LogP contribution in [0.2, 0.25) is 0 Å². The highest BCUT2D eigenvalue weighted by Gasteiger charge is 2.08. The van der Waals surface area contributed by atoms with Gasteiger partial charge in [-0.1, -0.05) is 0 Å². The molecule has 0 saturated carbocycles. The molecule has 2 rings (SSSR count). The van der Waals surface area contributed by atoms with Crippen LogP contribution in [0.3, 0.4) is 0 Å². The van der Waals surface area contributed by atoms with E-state index in [0.29, 0.717) is 0 Å². The molecule has 1 aromatic rings. The third kappa shape index (κ3) is 0.727. The van der Waals surface area contributed by atoms with Gasteiger partial charge in [0.15, 0.2) is 0 Å². The van der Waals surface area contributed by atoms with Gasteiger partial charge in [0.05, 0.1) is 0 Å². The summed E-state index contributed by atoms with van der Waals surface area (Å²) in [5.74, 6) is 0. The summed E-state index contributed by atoms with van der Waals surface area (Å²) in [6.07, 6.45) is 7.69. The SMILES string of the molecule is c1cc2c(cn1)CCC2. The third-order valence-corrected chi connectivity index (χ3v) is 1.90. The predicted molar refractivity (Wildman–Crippen MR) is 36.3 cm³/mol. The molecule has 0 saturated heterocycles. The van der Waals surface area contributed by atoms with Crippen molar-refractivity contribution in [3.63, 3.8) is 0 Å². The first-order valence-corrected chi connectivity index (χ1v) is 3.38. The first kappa shape index (κ1) is 4.98. The molecule has 1 heterocycles. The molecular formula is C8H9N. The summed E-state index contributed by atoms with van der Waals surface area (Å²) in [6.45, 7) is 0. The Morgan fingerprint density at radius 2 is 2.11 bits per heavy atom. The van der Waals surface area contributed by atoms with Crippen LogP contribution in [0.5, 0.6) is 0 Å². The Balaban J connectivity index is 2.54. The Labute approximate surface area is 54.7 Å². The lowest BCUT2D eigenvalue weighted by Gasteiger charge is -1.92. The van der Waals surface area contributed by atoms with Gasteiger partial charge in [0.1, 0.15) is 0 Å². The summed E-state index contributed by atoms with van der Waals surface area (Å²) in [5.41, 5.74) is 2.96. The molecular weight excluding hydrogens is 110 g/mol. The van der Waals surface area contributed by atoms with E-state index >= 15 is 0 Å². The number of rotatable bonds is 0. The molecule has 46 valence electrons. The van der Waals surface area contributed by atoms with Crippen LogP contribution in [0.4, 0.5) is 0 Å². The van der Waals surface area contributed by atoms with E-state index < -0.39 is 0 Å². The van der Waals surface area contributed by atoms with E-state index in [2.05, 4.69) is 11.1 Å². The second-order valence-electron chi connectivity index (χ2n) is 2.50. The lowest BCUT2D eigenvalue weighted by Crippen LogP contribution is -1.80. The second-order valence-corrected chi connectivity index (χ2v) is 2.50. The fraction of sp³-hybridized carbons (Fsp3) is 0.375. The van der Waals surface area contributed by atoms with Gasteiger partial charge in [0, 0.05) is 12.4 Å². The maximum absolute atomic E-state index is 4.06. The standard InChI is InChI=1S/C8H9N/c1-2-7-4-5-9-6-8(7)3-1/h4-6H,1-3H2. The highest BCUT2D eigenvalue weighted by molar-refractivity contribution is 5.27. The van der Waals surface area contributed by atoms with E-state index in [4.69, 9.17) is 0 Å². The monoisotopic (exact) mass is 119 g/mol. The fourth-order valence-electron chi connectivity index (χ4n) is 1.39. The number of pyridine rings is 1. The minimum atomic E-state index is 1.24. The van der Waals surface area contributed by atoms with Gasteiger partial charge < -0.3 is 0 Å². The van der Waals surface area contributed by atoms with Crippen LogP contribution in [0.1, 0.15) is 17.5 Å². The molecule has 1 heteroatoms. The van der Waals surface area contributed by atoms with E-state index in [1.165, 1.54) is 30.4 Å². The van der Waals surface area contributed by atoms with Crippen molar-refractivity contribution in [1.82, 2.24) is 4.98 Å². The zero-order valence-corrected chi connectivity index (χ0v) is 5.30. The molecule has 0 atom stereocenters. The van der Waals surface area contributed by atoms with Crippen molar-refractivity contribution in [2.24, 2.45) is 0 Å². The molecule has 0 fully saturated rings. The Kier molecular flexibility index (Phi) is 1.01. The van der Waals surface area contributed by atoms with Crippen molar-refractivity contribution in [2.45, 2.75) is 19.3 Å². The minimum absolute atomic E-state index is 1.24. The van der Waals surface area contributed by atoms with Crippen molar-refractivity contribution < 1.29 is 0 Å². The van der Waals surface area contributed by atoms with Crippen molar-refractivity contribution in [2.75, 3.05) is 0 Å². The second kappa shape index (κ2) is 1.83. The van der Waals surface area contributed by atoms with Crippen LogP contribution in [-0.2, 0) is 12.8 Å². The highest BCUT2D eigenvalue weighted by Crippen LogP contribution is 2.19. The molecule has 1 aliphatic carbocycles. The Bertz CT molecular complexity index is 195. The first-order chi connectivity index (χ1) is 4.47. The van der Waals surface area contributed by atoms with Crippen LogP contribution in [0.25, 0.3) is 0 Å². The molecule has 1 aromatic heterocycles. The summed E-state index contributed by atoms with van der Waals surface area (Å²) < 4.78 is 0. The van der Waals surface area contributed by atoms with Gasteiger partial charge in [-0.15, -0.1) is 0 Å². The van der Waals surface area contributed by atoms with Gasteiger partial charge in [0.2, 0.25) is 0 Å². The number of aryl methyl sites for hydroxylation is 2. The normalized spacial score (nSPS) is 15.6. The maximum atomic E-state index is 4.06. The zero-order valence-electron chi connectivity index (χ0n) is 5.30. The van der Waals surface area contributed by atoms with Crippen LogP contribution >= 0.6 is 0 Å². The van der Waals surface area contributed by atoms with Gasteiger partial charge in [-0.05, 0) is 36.5 Å². The molecule has 0 spiro atoms. The minimum Gasteiger partial charge on any atom is -0.264 e. The molecule has 0 aliphatic heterocycles. The quantitative estimate of drug-likeness (QED) is 0.505. The molecule has 1 aliphatic rings. The smallest absolute Gasteiger partial charge is 0.0302 e. The molecule has 0 amide bonds. The molecule has 1 nitrogen and oxygen atoms in total. The van der Waals surface area contributed by atoms with Gasteiger partial charge in [-0.2, -0.15) is 0 Å². The first-order valence-electron chi connectivity index (χ1n) is 3.38. The van der Waals surface area contributed by atoms with E-state index in [1.54, 1.807) is 0 Å². The van der Waals surface area contributed by atoms with Crippen LogP contribution in [-0.4, -0.2) is 4.98 Å². The zero-order chi connectivity index (χ0) is 6.10. The summed E-state index contributed by atoms with van der Waals surface area (Å²) in [7, 11) is 0. The van der Waals surface area contributed by atoms with Crippen molar-refractivity contribution in [1.29, 1.82) is 0 Å². The summed E-state index contributed by atoms with van der Waals surface area (Å²) in [5, 5.41) is 0. The average molecular weight is 119 g/mol. The van der Waals surface area contributed by atoms with Gasteiger partial charge in [0.25, 0.3) is 0 Å². The molecule has 0 unspecified atom stereocenters. The lowest BCUT2D eigenvalue weighted by molar-refractivity contribution is 0.911. The van der Waals surface area contributed by atoms with Gasteiger partial charge >= 0.3 is 0 Å². The van der Waals surface area contributed by atoms with Crippen LogP contribution in [0.15, 0.2) is 18.5 Å². The summed E-state index contributed by atoms with van der Waals surface area (Å²) in [6, 6.07) is 2.13. The Hall–Kier alpha value is -0.850. The van der Waals surface area contributed by atoms with Crippen molar-refractivity contribution in [3.8, 4) is 0 Å². The topological polar surface area (TPSA) is 12.9 Å². The van der Waals surface area contributed by atoms with Crippen LogP contribution < -0.4 is 0 Å². The molecule has 0 radical (unpaired) electrons. The van der Waals surface area contributed by atoms with E-state index in [0.717, 1.165) is 0 Å². The van der Waals surface area contributed by atoms with Crippen molar-refractivity contribution in [3.05, 3.63) is 29.6 Å². The fourth-order valence-corrected chi connectivity index (χ4v) is 1.39. The molecule has 0 bridgehead atoms. The Morgan fingerprint density at radius 3 is 3.00 bits per heavy atom. The molecule has 0 aromatic carbocycles. The molecule has 0 N–H and O–H groups in total. The van der Waals surface area contributed by atoms with Crippen LogP contribution in [0, 0.1) is 0 Å². The van der Waals surface area contributed by atoms with Crippen molar-refractivity contribution >= 4 is 0 Å². The van der Waals surface area contributed by atoms with Gasteiger partial charge in [-0.3, -0.25) is 4.98 Å². The summed E-state index contributed by atoms with van der Waals surface area (Å²) in [4.78, 5) is 4.06. The molecule has 9 heavy (non-hydrogen) atoms. The largest absolute Gasteiger partial charge is 0.264 e. The number of hydrogen-bond acceptors (Lipinski definition) is 1. The predicted octanol–water partition coefficient (Wildman–Crippen LogP) is 1.57. The average Bonchev–Trinajstić information content (AvgIpc) is 2.33. The number of fused-ring (bicyclic) bond motifs is 1. The number of nitrogens with zero attached hydrogens (tertiary/aromatic N) is 1. The number of hydrogen-bond donors (Lipinski definition) is 0. The lowest BCUT2D eigenvalue weighted by atomic mass is 10.2. The van der Waals surface area contributed by atoms with E-state index in [1.807, 2.05) is 12.4 Å². The summed E-state index contributed by atoms with van der Waals surface area (Å²) >= 11 is 0.